The van der Waals surface area contributed by atoms with Crippen molar-refractivity contribution in [2.45, 2.75) is 6.42 Å². The van der Waals surface area contributed by atoms with Gasteiger partial charge in [0.05, 0.1) is 0 Å². The summed E-state index contributed by atoms with van der Waals surface area (Å²) in [5.74, 6) is 0. The van der Waals surface area contributed by atoms with Gasteiger partial charge in [0.2, 0.25) is 0 Å². The third-order valence-electron chi connectivity index (χ3n) is 1.94. The second-order valence-corrected chi connectivity index (χ2v) is 2.73. The van der Waals surface area contributed by atoms with Crippen molar-refractivity contribution in [3.8, 4) is 0 Å². The van der Waals surface area contributed by atoms with E-state index in [1.54, 1.807) is 0 Å². The average molecular weight is 148 g/mol. The lowest BCUT2D eigenvalue weighted by Gasteiger charge is -2.09. The highest BCUT2D eigenvalue weighted by Crippen LogP contribution is 2.14. The molecule has 58 valence electrons. The lowest BCUT2D eigenvalue weighted by atomic mass is 10.1. The largest absolute Gasteiger partial charge is 0.387 e. The summed E-state index contributed by atoms with van der Waals surface area (Å²) in [7, 11) is 0. The molecule has 2 heteroatoms. The minimum absolute atomic E-state index is 0.949. The van der Waals surface area contributed by atoms with Crippen LogP contribution in [0.3, 0.4) is 0 Å². The fourth-order valence-corrected chi connectivity index (χ4v) is 1.37. The molecule has 0 saturated heterocycles. The first kappa shape index (κ1) is 6.53. The van der Waals surface area contributed by atoms with Crippen molar-refractivity contribution in [2.75, 3.05) is 13.1 Å². The number of rotatable bonds is 1. The zero-order valence-corrected chi connectivity index (χ0v) is 6.43. The molecule has 2 nitrogen and oxygen atoms in total. The van der Waals surface area contributed by atoms with Gasteiger partial charge in [-0.25, -0.2) is 0 Å². The van der Waals surface area contributed by atoms with E-state index in [-0.39, 0.29) is 0 Å². The van der Waals surface area contributed by atoms with Crippen LogP contribution < -0.4 is 10.6 Å². The highest BCUT2D eigenvalue weighted by molar-refractivity contribution is 5.41. The Kier molecular flexibility index (Phi) is 1.68. The molecule has 0 saturated carbocycles. The van der Waals surface area contributed by atoms with Crippen molar-refractivity contribution in [3.63, 3.8) is 0 Å². The normalized spacial score (nSPS) is 21.8. The van der Waals surface area contributed by atoms with Gasteiger partial charge >= 0.3 is 0 Å². The molecule has 2 N–H and O–H groups in total. The Morgan fingerprint density at radius 1 is 1.27 bits per heavy atom. The molecule has 0 aromatic rings. The van der Waals surface area contributed by atoms with Crippen LogP contribution in [0.2, 0.25) is 0 Å². The molecule has 2 aliphatic heterocycles. The van der Waals surface area contributed by atoms with Crippen LogP contribution in [0.5, 0.6) is 0 Å². The minimum Gasteiger partial charge on any atom is -0.387 e. The molecule has 0 bridgehead atoms. The topological polar surface area (TPSA) is 24.1 Å². The number of hydrogen-bond acceptors (Lipinski definition) is 2. The molecule has 0 amide bonds. The Bertz CT molecular complexity index is 236. The van der Waals surface area contributed by atoms with E-state index >= 15 is 0 Å². The van der Waals surface area contributed by atoms with Gasteiger partial charge in [-0.2, -0.15) is 0 Å². The molecule has 0 aliphatic carbocycles. The van der Waals surface area contributed by atoms with Crippen molar-refractivity contribution in [3.05, 3.63) is 35.7 Å². The van der Waals surface area contributed by atoms with Gasteiger partial charge in [-0.3, -0.25) is 0 Å². The average Bonchev–Trinajstić information content (AvgIpc) is 2.58. The highest BCUT2D eigenvalue weighted by Gasteiger charge is 2.06. The van der Waals surface area contributed by atoms with E-state index in [9.17, 15) is 0 Å². The summed E-state index contributed by atoms with van der Waals surface area (Å²) in [4.78, 5) is 0. The maximum absolute atomic E-state index is 3.34. The maximum atomic E-state index is 3.34. The molecule has 2 rings (SSSR count). The second-order valence-electron chi connectivity index (χ2n) is 2.73. The van der Waals surface area contributed by atoms with E-state index in [0.29, 0.717) is 0 Å². The molecule has 11 heavy (non-hydrogen) atoms. The summed E-state index contributed by atoms with van der Waals surface area (Å²) >= 11 is 0. The molecule has 0 aromatic heterocycles. The van der Waals surface area contributed by atoms with Crippen LogP contribution >= 0.6 is 0 Å². The molecule has 2 aliphatic rings. The third kappa shape index (κ3) is 1.29. The van der Waals surface area contributed by atoms with Gasteiger partial charge in [-0.15, -0.1) is 0 Å². The van der Waals surface area contributed by atoms with Crippen LogP contribution in [0, 0.1) is 0 Å². The Morgan fingerprint density at radius 2 is 2.27 bits per heavy atom. The monoisotopic (exact) mass is 148 g/mol. The molecule has 0 spiro atoms. The van der Waals surface area contributed by atoms with Crippen LogP contribution in [0.15, 0.2) is 35.7 Å². The highest BCUT2D eigenvalue weighted by atomic mass is 14.9. The Labute approximate surface area is 66.7 Å². The fourth-order valence-electron chi connectivity index (χ4n) is 1.37. The SMILES string of the molecule is C1=CC(C2=CCCN2)=CCN1. The quantitative estimate of drug-likeness (QED) is 0.577. The van der Waals surface area contributed by atoms with Gasteiger partial charge in [0.1, 0.15) is 0 Å². The minimum atomic E-state index is 0.949. The summed E-state index contributed by atoms with van der Waals surface area (Å²) in [5.41, 5.74) is 2.61. The number of dihydropyridines is 1. The summed E-state index contributed by atoms with van der Waals surface area (Å²) in [6, 6.07) is 0. The van der Waals surface area contributed by atoms with Gasteiger partial charge in [0.15, 0.2) is 0 Å². The summed E-state index contributed by atoms with van der Waals surface area (Å²) in [5, 5.41) is 6.47. The smallest absolute Gasteiger partial charge is 0.0372 e. The summed E-state index contributed by atoms with van der Waals surface area (Å²) < 4.78 is 0. The zero-order valence-electron chi connectivity index (χ0n) is 6.43. The van der Waals surface area contributed by atoms with Crippen LogP contribution in [0.4, 0.5) is 0 Å². The van der Waals surface area contributed by atoms with E-state index in [1.807, 2.05) is 6.20 Å². The van der Waals surface area contributed by atoms with Crippen LogP contribution in [0.1, 0.15) is 6.42 Å². The van der Waals surface area contributed by atoms with Crippen molar-refractivity contribution in [2.24, 2.45) is 0 Å². The number of allylic oxidation sites excluding steroid dienone is 1. The first-order valence-corrected chi connectivity index (χ1v) is 4.01. The summed E-state index contributed by atoms with van der Waals surface area (Å²) in [6.07, 6.45) is 9.71. The van der Waals surface area contributed by atoms with Crippen LogP contribution in [-0.4, -0.2) is 13.1 Å². The van der Waals surface area contributed by atoms with Crippen LogP contribution in [-0.2, 0) is 0 Å². The molecular formula is C9H12N2. The van der Waals surface area contributed by atoms with Crippen molar-refractivity contribution in [1.29, 1.82) is 0 Å². The molecule has 0 fully saturated rings. The lowest BCUT2D eigenvalue weighted by molar-refractivity contribution is 0.875. The van der Waals surface area contributed by atoms with E-state index in [4.69, 9.17) is 0 Å². The van der Waals surface area contributed by atoms with Gasteiger partial charge < -0.3 is 10.6 Å². The van der Waals surface area contributed by atoms with Gasteiger partial charge in [0.25, 0.3) is 0 Å². The van der Waals surface area contributed by atoms with E-state index in [1.165, 1.54) is 11.3 Å². The predicted molar refractivity (Wildman–Crippen MR) is 45.9 cm³/mol. The first-order chi connectivity index (χ1) is 5.47. The maximum Gasteiger partial charge on any atom is 0.0372 e. The first-order valence-electron chi connectivity index (χ1n) is 4.01. The zero-order chi connectivity index (χ0) is 7.52. The molecule has 0 atom stereocenters. The Balaban J connectivity index is 2.14. The number of hydrogen-bond donors (Lipinski definition) is 2. The second kappa shape index (κ2) is 2.82. The van der Waals surface area contributed by atoms with Crippen molar-refractivity contribution in [1.82, 2.24) is 10.6 Å². The molecule has 0 radical (unpaired) electrons. The van der Waals surface area contributed by atoms with E-state index in [0.717, 1.165) is 19.5 Å². The third-order valence-corrected chi connectivity index (χ3v) is 1.94. The van der Waals surface area contributed by atoms with Gasteiger partial charge in [-0.05, 0) is 24.3 Å². The van der Waals surface area contributed by atoms with E-state index in [2.05, 4.69) is 28.9 Å². The molecule has 2 heterocycles. The Morgan fingerprint density at radius 3 is 2.91 bits per heavy atom. The standard InChI is InChI=1S/C9H12N2/c1-2-9(11-5-1)8-3-6-10-7-4-8/h2-4,6,10-11H,1,5,7H2. The number of nitrogens with one attached hydrogen (secondary N) is 2. The van der Waals surface area contributed by atoms with Gasteiger partial charge in [0, 0.05) is 18.8 Å². The van der Waals surface area contributed by atoms with E-state index < -0.39 is 0 Å². The van der Waals surface area contributed by atoms with Crippen LogP contribution in [0.25, 0.3) is 0 Å². The van der Waals surface area contributed by atoms with Gasteiger partial charge in [-0.1, -0.05) is 12.2 Å². The lowest BCUT2D eigenvalue weighted by Crippen LogP contribution is -2.14. The predicted octanol–water partition coefficient (Wildman–Crippen LogP) is 0.907. The molecule has 0 unspecified atom stereocenters. The molecule has 0 aromatic carbocycles. The summed E-state index contributed by atoms with van der Waals surface area (Å²) in [6.45, 7) is 2.04. The Hall–Kier alpha value is -1.18. The van der Waals surface area contributed by atoms with Crippen molar-refractivity contribution >= 4 is 0 Å². The fraction of sp³-hybridized carbons (Fsp3) is 0.333. The molecular weight excluding hydrogens is 136 g/mol. The van der Waals surface area contributed by atoms with Crippen molar-refractivity contribution < 1.29 is 0 Å².